The molecule has 0 spiro atoms. The molecule has 1 aromatic rings. The fraction of sp³-hybridized carbons (Fsp3) is 0.500. The molecule has 1 aliphatic rings. The molecule has 1 aromatic carbocycles. The van der Waals surface area contributed by atoms with Gasteiger partial charge in [0.15, 0.2) is 0 Å². The number of hydrogen-bond acceptors (Lipinski definition) is 3. The third-order valence-corrected chi connectivity index (χ3v) is 3.53. The molecule has 0 bridgehead atoms. The Bertz CT molecular complexity index is 414. The SMILES string of the molecule is NC(Cc1cccc(C2CCNCC2)c1)C(=O)O. The van der Waals surface area contributed by atoms with E-state index in [1.165, 1.54) is 5.56 Å². The number of nitrogens with one attached hydrogen (secondary N) is 1. The first-order valence-corrected chi connectivity index (χ1v) is 6.45. The normalized spacial score (nSPS) is 18.5. The minimum Gasteiger partial charge on any atom is -0.480 e. The Kier molecular flexibility index (Phi) is 4.33. The maximum atomic E-state index is 10.8. The summed E-state index contributed by atoms with van der Waals surface area (Å²) < 4.78 is 0. The van der Waals surface area contributed by atoms with E-state index in [4.69, 9.17) is 10.8 Å². The average molecular weight is 248 g/mol. The summed E-state index contributed by atoms with van der Waals surface area (Å²) in [5.41, 5.74) is 7.89. The van der Waals surface area contributed by atoms with Crippen molar-refractivity contribution in [3.05, 3.63) is 35.4 Å². The van der Waals surface area contributed by atoms with Crippen LogP contribution in [-0.2, 0) is 11.2 Å². The lowest BCUT2D eigenvalue weighted by Crippen LogP contribution is -2.32. The first-order chi connectivity index (χ1) is 8.66. The van der Waals surface area contributed by atoms with Crippen LogP contribution in [0.1, 0.15) is 29.9 Å². The van der Waals surface area contributed by atoms with E-state index in [2.05, 4.69) is 17.4 Å². The minimum atomic E-state index is -0.942. The highest BCUT2D eigenvalue weighted by molar-refractivity contribution is 5.73. The summed E-state index contributed by atoms with van der Waals surface area (Å²) in [5, 5.41) is 12.2. The van der Waals surface area contributed by atoms with Crippen LogP contribution in [0.15, 0.2) is 24.3 Å². The molecule has 1 aliphatic heterocycles. The number of piperidine rings is 1. The summed E-state index contributed by atoms with van der Waals surface area (Å²) in [5.74, 6) is -0.352. The molecule has 1 heterocycles. The van der Waals surface area contributed by atoms with Crippen molar-refractivity contribution in [3.63, 3.8) is 0 Å². The van der Waals surface area contributed by atoms with Crippen LogP contribution in [0.2, 0.25) is 0 Å². The van der Waals surface area contributed by atoms with Crippen molar-refractivity contribution < 1.29 is 9.90 Å². The molecule has 0 amide bonds. The molecule has 18 heavy (non-hydrogen) atoms. The van der Waals surface area contributed by atoms with Gasteiger partial charge in [-0.15, -0.1) is 0 Å². The van der Waals surface area contributed by atoms with Crippen molar-refractivity contribution in [2.24, 2.45) is 5.73 Å². The van der Waals surface area contributed by atoms with Gasteiger partial charge in [0.1, 0.15) is 6.04 Å². The van der Waals surface area contributed by atoms with Gasteiger partial charge in [-0.25, -0.2) is 0 Å². The summed E-state index contributed by atoms with van der Waals surface area (Å²) in [4.78, 5) is 10.8. The second-order valence-electron chi connectivity index (χ2n) is 4.92. The maximum Gasteiger partial charge on any atom is 0.320 e. The van der Waals surface area contributed by atoms with Gasteiger partial charge in [0.05, 0.1) is 0 Å². The fourth-order valence-electron chi connectivity index (χ4n) is 2.47. The Morgan fingerprint density at radius 1 is 1.44 bits per heavy atom. The third kappa shape index (κ3) is 3.31. The van der Waals surface area contributed by atoms with Crippen LogP contribution in [0.4, 0.5) is 0 Å². The minimum absolute atomic E-state index is 0.397. The topological polar surface area (TPSA) is 75.3 Å². The lowest BCUT2D eigenvalue weighted by molar-refractivity contribution is -0.138. The van der Waals surface area contributed by atoms with Crippen LogP contribution in [0.25, 0.3) is 0 Å². The van der Waals surface area contributed by atoms with Crippen LogP contribution in [-0.4, -0.2) is 30.2 Å². The lowest BCUT2D eigenvalue weighted by Gasteiger charge is -2.23. The second kappa shape index (κ2) is 5.98. The second-order valence-corrected chi connectivity index (χ2v) is 4.92. The van der Waals surface area contributed by atoms with Crippen molar-refractivity contribution in [3.8, 4) is 0 Å². The van der Waals surface area contributed by atoms with E-state index >= 15 is 0 Å². The molecule has 2 rings (SSSR count). The van der Waals surface area contributed by atoms with E-state index in [-0.39, 0.29) is 0 Å². The quantitative estimate of drug-likeness (QED) is 0.746. The van der Waals surface area contributed by atoms with E-state index in [0.717, 1.165) is 31.5 Å². The molecule has 1 saturated heterocycles. The highest BCUT2D eigenvalue weighted by Crippen LogP contribution is 2.25. The maximum absolute atomic E-state index is 10.8. The summed E-state index contributed by atoms with van der Waals surface area (Å²) >= 11 is 0. The van der Waals surface area contributed by atoms with Gasteiger partial charge in [0, 0.05) is 0 Å². The summed E-state index contributed by atoms with van der Waals surface area (Å²) in [6.45, 7) is 2.12. The smallest absolute Gasteiger partial charge is 0.320 e. The molecule has 1 atom stereocenters. The van der Waals surface area contributed by atoms with E-state index in [1.54, 1.807) is 0 Å². The number of hydrogen-bond donors (Lipinski definition) is 3. The molecular weight excluding hydrogens is 228 g/mol. The number of rotatable bonds is 4. The molecule has 1 unspecified atom stereocenters. The molecule has 4 heteroatoms. The van der Waals surface area contributed by atoms with Crippen molar-refractivity contribution in [2.45, 2.75) is 31.2 Å². The van der Waals surface area contributed by atoms with Crippen molar-refractivity contribution in [1.82, 2.24) is 5.32 Å². The molecule has 0 radical (unpaired) electrons. The van der Waals surface area contributed by atoms with E-state index < -0.39 is 12.0 Å². The Labute approximate surface area is 107 Å². The van der Waals surface area contributed by atoms with E-state index in [9.17, 15) is 4.79 Å². The van der Waals surface area contributed by atoms with Crippen LogP contribution >= 0.6 is 0 Å². The van der Waals surface area contributed by atoms with E-state index in [0.29, 0.717) is 12.3 Å². The number of benzene rings is 1. The Balaban J connectivity index is 2.06. The van der Waals surface area contributed by atoms with Crippen LogP contribution < -0.4 is 11.1 Å². The van der Waals surface area contributed by atoms with Gasteiger partial charge in [0.2, 0.25) is 0 Å². The zero-order chi connectivity index (χ0) is 13.0. The fourth-order valence-corrected chi connectivity index (χ4v) is 2.47. The molecular formula is C14H20N2O2. The predicted octanol–water partition coefficient (Wildman–Crippen LogP) is 1.11. The van der Waals surface area contributed by atoms with Crippen molar-refractivity contribution in [2.75, 3.05) is 13.1 Å². The van der Waals surface area contributed by atoms with Gasteiger partial charge in [-0.2, -0.15) is 0 Å². The molecule has 0 aromatic heterocycles. The highest BCUT2D eigenvalue weighted by Gasteiger charge is 2.16. The zero-order valence-electron chi connectivity index (χ0n) is 10.4. The van der Waals surface area contributed by atoms with Crippen LogP contribution in [0.5, 0.6) is 0 Å². The Hall–Kier alpha value is -1.39. The molecule has 98 valence electrons. The Morgan fingerprint density at radius 2 is 2.17 bits per heavy atom. The van der Waals surface area contributed by atoms with Gasteiger partial charge in [-0.3, -0.25) is 4.79 Å². The molecule has 1 fully saturated rings. The number of carboxylic acid groups (broad SMARTS) is 1. The van der Waals surface area contributed by atoms with Gasteiger partial charge >= 0.3 is 5.97 Å². The standard InChI is InChI=1S/C14H20N2O2/c15-13(14(17)18)9-10-2-1-3-12(8-10)11-4-6-16-7-5-11/h1-3,8,11,13,16H,4-7,9,15H2,(H,17,18). The average Bonchev–Trinajstić information content (AvgIpc) is 2.40. The monoisotopic (exact) mass is 248 g/mol. The molecule has 0 saturated carbocycles. The van der Waals surface area contributed by atoms with E-state index in [1.807, 2.05) is 12.1 Å². The first kappa shape index (κ1) is 13.1. The van der Waals surface area contributed by atoms with Gasteiger partial charge in [-0.1, -0.05) is 24.3 Å². The number of carbonyl (C=O) groups is 1. The summed E-state index contributed by atoms with van der Waals surface area (Å²) in [6.07, 6.45) is 2.69. The highest BCUT2D eigenvalue weighted by atomic mass is 16.4. The third-order valence-electron chi connectivity index (χ3n) is 3.53. The van der Waals surface area contributed by atoms with Gasteiger partial charge in [-0.05, 0) is 49.4 Å². The summed E-state index contributed by atoms with van der Waals surface area (Å²) in [6, 6.07) is 7.38. The van der Waals surface area contributed by atoms with Crippen LogP contribution in [0, 0.1) is 0 Å². The molecule has 0 aliphatic carbocycles. The molecule has 4 nitrogen and oxygen atoms in total. The number of carboxylic acids is 1. The Morgan fingerprint density at radius 3 is 2.83 bits per heavy atom. The first-order valence-electron chi connectivity index (χ1n) is 6.45. The lowest BCUT2D eigenvalue weighted by atomic mass is 9.88. The van der Waals surface area contributed by atoms with Crippen molar-refractivity contribution in [1.29, 1.82) is 0 Å². The van der Waals surface area contributed by atoms with Crippen LogP contribution in [0.3, 0.4) is 0 Å². The van der Waals surface area contributed by atoms with Gasteiger partial charge < -0.3 is 16.2 Å². The number of nitrogens with two attached hydrogens (primary N) is 1. The predicted molar refractivity (Wildman–Crippen MR) is 70.6 cm³/mol. The zero-order valence-corrected chi connectivity index (χ0v) is 10.4. The summed E-state index contributed by atoms with van der Waals surface area (Å²) in [7, 11) is 0. The number of aliphatic carboxylic acids is 1. The van der Waals surface area contributed by atoms with Crippen molar-refractivity contribution >= 4 is 5.97 Å². The molecule has 4 N–H and O–H groups in total. The largest absolute Gasteiger partial charge is 0.480 e. The van der Waals surface area contributed by atoms with Gasteiger partial charge in [0.25, 0.3) is 0 Å².